The van der Waals surface area contributed by atoms with Crippen LogP contribution in [0.1, 0.15) is 20.8 Å². The Morgan fingerprint density at radius 1 is 1.29 bits per heavy atom. The van der Waals surface area contributed by atoms with Crippen molar-refractivity contribution in [2.45, 2.75) is 26.9 Å². The lowest BCUT2D eigenvalue weighted by Gasteiger charge is -2.11. The molecule has 4 nitrogen and oxygen atoms in total. The zero-order valence-electron chi connectivity index (χ0n) is 10.1. The molecule has 0 aliphatic carbocycles. The van der Waals surface area contributed by atoms with Crippen LogP contribution in [-0.4, -0.2) is 17.1 Å². The SMILES string of the molecule is CC(=O)NC(=S)Nc1ccc(OC(C)C)cc1. The summed E-state index contributed by atoms with van der Waals surface area (Å²) in [4.78, 5) is 10.8. The average Bonchev–Trinajstić information content (AvgIpc) is 2.18. The number of nitrogens with one attached hydrogen (secondary N) is 2. The van der Waals surface area contributed by atoms with Crippen LogP contribution in [0.4, 0.5) is 5.69 Å². The Bertz CT molecular complexity index is 401. The number of ether oxygens (including phenoxy) is 1. The lowest BCUT2D eigenvalue weighted by molar-refractivity contribution is -0.117. The van der Waals surface area contributed by atoms with Crippen molar-refractivity contribution < 1.29 is 9.53 Å². The quantitative estimate of drug-likeness (QED) is 0.811. The van der Waals surface area contributed by atoms with Crippen molar-refractivity contribution >= 4 is 28.9 Å². The third kappa shape index (κ3) is 5.31. The Kier molecular flexibility index (Phi) is 4.90. The fourth-order valence-electron chi connectivity index (χ4n) is 1.21. The van der Waals surface area contributed by atoms with E-state index in [1.165, 1.54) is 6.92 Å². The minimum Gasteiger partial charge on any atom is -0.491 e. The van der Waals surface area contributed by atoms with Crippen molar-refractivity contribution in [1.82, 2.24) is 5.32 Å². The standard InChI is InChI=1S/C12H16N2O2S/c1-8(2)16-11-6-4-10(5-7-11)14-12(17)13-9(3)15/h4-8H,1-3H3,(H2,13,14,15,17). The van der Waals surface area contributed by atoms with Gasteiger partial charge in [0.15, 0.2) is 5.11 Å². The first-order valence-corrected chi connectivity index (χ1v) is 5.73. The van der Waals surface area contributed by atoms with Crippen molar-refractivity contribution in [3.8, 4) is 5.75 Å². The van der Waals surface area contributed by atoms with E-state index in [-0.39, 0.29) is 17.1 Å². The normalized spacial score (nSPS) is 9.88. The molecule has 1 amide bonds. The Labute approximate surface area is 106 Å². The molecule has 92 valence electrons. The van der Waals surface area contributed by atoms with Gasteiger partial charge in [-0.15, -0.1) is 0 Å². The number of rotatable bonds is 3. The predicted octanol–water partition coefficient (Wildman–Crippen LogP) is 2.31. The minimum absolute atomic E-state index is 0.147. The van der Waals surface area contributed by atoms with E-state index in [1.54, 1.807) is 0 Å². The second kappa shape index (κ2) is 6.20. The molecule has 0 radical (unpaired) electrons. The van der Waals surface area contributed by atoms with Crippen molar-refractivity contribution in [2.75, 3.05) is 5.32 Å². The molecule has 2 N–H and O–H groups in total. The fourth-order valence-corrected chi connectivity index (χ4v) is 1.47. The Morgan fingerprint density at radius 2 is 1.88 bits per heavy atom. The van der Waals surface area contributed by atoms with Gasteiger partial charge >= 0.3 is 0 Å². The molecule has 0 aliphatic rings. The van der Waals surface area contributed by atoms with Gasteiger partial charge in [-0.1, -0.05) is 0 Å². The number of anilines is 1. The molecular formula is C12H16N2O2S. The van der Waals surface area contributed by atoms with E-state index in [2.05, 4.69) is 10.6 Å². The zero-order valence-corrected chi connectivity index (χ0v) is 10.9. The van der Waals surface area contributed by atoms with Gasteiger partial charge in [0, 0.05) is 12.6 Å². The number of thiocarbonyl (C=S) groups is 1. The summed E-state index contributed by atoms with van der Waals surface area (Å²) < 4.78 is 5.51. The van der Waals surface area contributed by atoms with Gasteiger partial charge in [0.2, 0.25) is 5.91 Å². The van der Waals surface area contributed by atoms with E-state index in [1.807, 2.05) is 38.1 Å². The summed E-state index contributed by atoms with van der Waals surface area (Å²) >= 11 is 4.94. The summed E-state index contributed by atoms with van der Waals surface area (Å²) in [5.41, 5.74) is 0.805. The molecule has 0 aliphatic heterocycles. The summed E-state index contributed by atoms with van der Waals surface area (Å²) in [6.07, 6.45) is 0.147. The Hall–Kier alpha value is -1.62. The highest BCUT2D eigenvalue weighted by atomic mass is 32.1. The third-order valence-corrected chi connectivity index (χ3v) is 1.98. The molecule has 5 heteroatoms. The molecule has 0 atom stereocenters. The molecule has 0 spiro atoms. The maximum atomic E-state index is 10.8. The topological polar surface area (TPSA) is 50.4 Å². The molecule has 1 aromatic carbocycles. The average molecular weight is 252 g/mol. The van der Waals surface area contributed by atoms with Crippen LogP contribution in [0.25, 0.3) is 0 Å². The van der Waals surface area contributed by atoms with E-state index in [0.29, 0.717) is 0 Å². The first-order chi connectivity index (χ1) is 7.97. The summed E-state index contributed by atoms with van der Waals surface area (Å²) in [6.45, 7) is 5.35. The molecule has 0 saturated carbocycles. The van der Waals surface area contributed by atoms with Crippen molar-refractivity contribution in [3.63, 3.8) is 0 Å². The molecule has 0 saturated heterocycles. The molecule has 1 rings (SSSR count). The van der Waals surface area contributed by atoms with E-state index >= 15 is 0 Å². The maximum absolute atomic E-state index is 10.8. The van der Waals surface area contributed by atoms with Crippen LogP contribution >= 0.6 is 12.2 Å². The molecule has 17 heavy (non-hydrogen) atoms. The van der Waals surface area contributed by atoms with Gasteiger partial charge in [-0.3, -0.25) is 4.79 Å². The molecule has 0 bridgehead atoms. The number of benzene rings is 1. The van der Waals surface area contributed by atoms with Gasteiger partial charge in [-0.2, -0.15) is 0 Å². The predicted molar refractivity (Wildman–Crippen MR) is 72.2 cm³/mol. The lowest BCUT2D eigenvalue weighted by Crippen LogP contribution is -2.32. The summed E-state index contributed by atoms with van der Waals surface area (Å²) in [5.74, 6) is 0.609. The highest BCUT2D eigenvalue weighted by molar-refractivity contribution is 7.80. The lowest BCUT2D eigenvalue weighted by atomic mass is 10.3. The van der Waals surface area contributed by atoms with E-state index < -0.39 is 0 Å². The first-order valence-electron chi connectivity index (χ1n) is 5.32. The highest BCUT2D eigenvalue weighted by Crippen LogP contribution is 2.16. The van der Waals surface area contributed by atoms with Gasteiger partial charge in [0.25, 0.3) is 0 Å². The molecule has 0 unspecified atom stereocenters. The van der Waals surface area contributed by atoms with Crippen LogP contribution in [0.5, 0.6) is 5.75 Å². The number of hydrogen-bond donors (Lipinski definition) is 2. The highest BCUT2D eigenvalue weighted by Gasteiger charge is 2.01. The maximum Gasteiger partial charge on any atom is 0.222 e. The summed E-state index contributed by atoms with van der Waals surface area (Å²) in [5, 5.41) is 5.67. The number of carbonyl (C=O) groups excluding carboxylic acids is 1. The van der Waals surface area contributed by atoms with Crippen LogP contribution in [0.15, 0.2) is 24.3 Å². The molecule has 0 fully saturated rings. The van der Waals surface area contributed by atoms with Crippen molar-refractivity contribution in [3.05, 3.63) is 24.3 Å². The molecule has 0 aromatic heterocycles. The first kappa shape index (κ1) is 13.4. The van der Waals surface area contributed by atoms with Crippen LogP contribution in [0.2, 0.25) is 0 Å². The number of carbonyl (C=O) groups is 1. The second-order valence-corrected chi connectivity index (χ2v) is 4.23. The zero-order chi connectivity index (χ0) is 12.8. The Balaban J connectivity index is 2.56. The van der Waals surface area contributed by atoms with Crippen molar-refractivity contribution in [1.29, 1.82) is 0 Å². The van der Waals surface area contributed by atoms with Gasteiger partial charge in [-0.05, 0) is 50.3 Å². The molecule has 1 aromatic rings. The van der Waals surface area contributed by atoms with E-state index in [4.69, 9.17) is 17.0 Å². The fraction of sp³-hybridized carbons (Fsp3) is 0.333. The number of hydrogen-bond acceptors (Lipinski definition) is 3. The Morgan fingerprint density at radius 3 is 2.35 bits per heavy atom. The monoisotopic (exact) mass is 252 g/mol. The van der Waals surface area contributed by atoms with E-state index in [9.17, 15) is 4.79 Å². The van der Waals surface area contributed by atoms with Crippen LogP contribution in [0, 0.1) is 0 Å². The summed E-state index contributed by atoms with van der Waals surface area (Å²) in [6, 6.07) is 7.37. The van der Waals surface area contributed by atoms with Crippen LogP contribution in [0.3, 0.4) is 0 Å². The van der Waals surface area contributed by atoms with E-state index in [0.717, 1.165) is 11.4 Å². The number of amides is 1. The summed E-state index contributed by atoms with van der Waals surface area (Å²) in [7, 11) is 0. The minimum atomic E-state index is -0.192. The van der Waals surface area contributed by atoms with Gasteiger partial charge in [0.1, 0.15) is 5.75 Å². The third-order valence-electron chi connectivity index (χ3n) is 1.77. The van der Waals surface area contributed by atoms with Crippen molar-refractivity contribution in [2.24, 2.45) is 0 Å². The molecule has 0 heterocycles. The van der Waals surface area contributed by atoms with Gasteiger partial charge in [-0.25, -0.2) is 0 Å². The van der Waals surface area contributed by atoms with Crippen LogP contribution in [-0.2, 0) is 4.79 Å². The van der Waals surface area contributed by atoms with Gasteiger partial charge in [0.05, 0.1) is 6.10 Å². The largest absolute Gasteiger partial charge is 0.491 e. The van der Waals surface area contributed by atoms with Gasteiger partial charge < -0.3 is 15.4 Å². The molecular weight excluding hydrogens is 236 g/mol. The second-order valence-electron chi connectivity index (χ2n) is 3.83. The van der Waals surface area contributed by atoms with Crippen LogP contribution < -0.4 is 15.4 Å². The smallest absolute Gasteiger partial charge is 0.222 e.